The summed E-state index contributed by atoms with van der Waals surface area (Å²) in [6.07, 6.45) is 0. The molecule has 5 heteroatoms. The highest BCUT2D eigenvalue weighted by atomic mass is 79.9. The second-order valence-electron chi connectivity index (χ2n) is 4.06. The molecule has 2 nitrogen and oxygen atoms in total. The standard InChI is InChI=1S/C14H10BrCl2NO/c1-8-2-5-12(17)13(6-8)18-14(19)10-7-9(16)3-4-11(10)15/h2-7H,1H3,(H,18,19). The van der Waals surface area contributed by atoms with Gasteiger partial charge in [-0.3, -0.25) is 4.79 Å². The average Bonchev–Trinajstić information content (AvgIpc) is 2.36. The lowest BCUT2D eigenvalue weighted by Gasteiger charge is -2.09. The summed E-state index contributed by atoms with van der Waals surface area (Å²) in [5.41, 5.74) is 2.06. The Kier molecular flexibility index (Phi) is 4.50. The first-order valence-corrected chi connectivity index (χ1v) is 7.05. The number of hydrogen-bond acceptors (Lipinski definition) is 1. The van der Waals surface area contributed by atoms with Crippen molar-refractivity contribution in [2.75, 3.05) is 5.32 Å². The van der Waals surface area contributed by atoms with Crippen LogP contribution in [0.2, 0.25) is 10.0 Å². The predicted molar refractivity (Wildman–Crippen MR) is 83.3 cm³/mol. The molecule has 0 heterocycles. The highest BCUT2D eigenvalue weighted by Crippen LogP contribution is 2.26. The summed E-state index contributed by atoms with van der Waals surface area (Å²) in [6, 6.07) is 10.5. The SMILES string of the molecule is Cc1ccc(Cl)c(NC(=O)c2cc(Cl)ccc2Br)c1. The quantitative estimate of drug-likeness (QED) is 0.773. The normalized spacial score (nSPS) is 10.3. The van der Waals surface area contributed by atoms with Gasteiger partial charge in [0.25, 0.3) is 5.91 Å². The molecule has 2 aromatic carbocycles. The van der Waals surface area contributed by atoms with E-state index in [1.807, 2.05) is 19.1 Å². The molecule has 1 N–H and O–H groups in total. The Morgan fingerprint density at radius 2 is 1.89 bits per heavy atom. The van der Waals surface area contributed by atoms with Gasteiger partial charge in [0.1, 0.15) is 0 Å². The number of carbonyl (C=O) groups excluding carboxylic acids is 1. The first kappa shape index (κ1) is 14.4. The number of hydrogen-bond donors (Lipinski definition) is 1. The predicted octanol–water partition coefficient (Wildman–Crippen LogP) is 5.32. The lowest BCUT2D eigenvalue weighted by molar-refractivity contribution is 0.102. The van der Waals surface area contributed by atoms with Gasteiger partial charge in [0.05, 0.1) is 16.3 Å². The minimum Gasteiger partial charge on any atom is -0.321 e. The van der Waals surface area contributed by atoms with Gasteiger partial charge in [0.2, 0.25) is 0 Å². The Bertz CT molecular complexity index is 643. The first-order chi connectivity index (χ1) is 8.97. The topological polar surface area (TPSA) is 29.1 Å². The maximum absolute atomic E-state index is 12.2. The van der Waals surface area contributed by atoms with Gasteiger partial charge < -0.3 is 5.32 Å². The first-order valence-electron chi connectivity index (χ1n) is 5.50. The van der Waals surface area contributed by atoms with E-state index in [2.05, 4.69) is 21.2 Å². The Morgan fingerprint density at radius 1 is 1.16 bits per heavy atom. The van der Waals surface area contributed by atoms with Crippen LogP contribution in [0.1, 0.15) is 15.9 Å². The van der Waals surface area contributed by atoms with E-state index >= 15 is 0 Å². The van der Waals surface area contributed by atoms with Gasteiger partial charge >= 0.3 is 0 Å². The van der Waals surface area contributed by atoms with Gasteiger partial charge in [0, 0.05) is 9.50 Å². The van der Waals surface area contributed by atoms with Crippen LogP contribution in [0.4, 0.5) is 5.69 Å². The van der Waals surface area contributed by atoms with Gasteiger partial charge in [-0.1, -0.05) is 29.3 Å². The zero-order chi connectivity index (χ0) is 14.0. The smallest absolute Gasteiger partial charge is 0.256 e. The molecule has 98 valence electrons. The van der Waals surface area contributed by atoms with Crippen LogP contribution < -0.4 is 5.32 Å². The molecule has 0 unspecified atom stereocenters. The van der Waals surface area contributed by atoms with Crippen LogP contribution in [0.5, 0.6) is 0 Å². The summed E-state index contributed by atoms with van der Waals surface area (Å²) in [7, 11) is 0. The summed E-state index contributed by atoms with van der Waals surface area (Å²) >= 11 is 15.3. The fraction of sp³-hybridized carbons (Fsp3) is 0.0714. The number of amides is 1. The summed E-state index contributed by atoms with van der Waals surface area (Å²) in [5.74, 6) is -0.262. The number of anilines is 1. The van der Waals surface area contributed by atoms with Crippen LogP contribution in [-0.2, 0) is 0 Å². The number of aryl methyl sites for hydroxylation is 1. The molecular formula is C14H10BrCl2NO. The fourth-order valence-electron chi connectivity index (χ4n) is 1.60. The lowest BCUT2D eigenvalue weighted by atomic mass is 10.2. The van der Waals surface area contributed by atoms with E-state index in [9.17, 15) is 4.79 Å². The van der Waals surface area contributed by atoms with E-state index in [0.29, 0.717) is 25.8 Å². The minimum atomic E-state index is -0.262. The zero-order valence-corrected chi connectivity index (χ0v) is 13.1. The molecule has 0 atom stereocenters. The van der Waals surface area contributed by atoms with E-state index in [1.165, 1.54) is 0 Å². The van der Waals surface area contributed by atoms with Gasteiger partial charge in [-0.15, -0.1) is 0 Å². The van der Waals surface area contributed by atoms with Crippen LogP contribution >= 0.6 is 39.1 Å². The molecule has 1 amide bonds. The average molecular weight is 359 g/mol. The Balaban J connectivity index is 2.30. The number of carbonyl (C=O) groups is 1. The van der Waals surface area contributed by atoms with Crippen molar-refractivity contribution in [3.63, 3.8) is 0 Å². The van der Waals surface area contributed by atoms with Crippen LogP contribution in [0.15, 0.2) is 40.9 Å². The van der Waals surface area contributed by atoms with Crippen molar-refractivity contribution in [2.45, 2.75) is 6.92 Å². The summed E-state index contributed by atoms with van der Waals surface area (Å²) in [6.45, 7) is 1.93. The fourth-order valence-corrected chi connectivity index (χ4v) is 2.36. The van der Waals surface area contributed by atoms with Crippen molar-refractivity contribution in [3.8, 4) is 0 Å². The van der Waals surface area contributed by atoms with E-state index < -0.39 is 0 Å². The van der Waals surface area contributed by atoms with Gasteiger partial charge in [0.15, 0.2) is 0 Å². The molecular weight excluding hydrogens is 349 g/mol. The number of halogens is 3. The highest BCUT2D eigenvalue weighted by Gasteiger charge is 2.12. The molecule has 0 aliphatic rings. The van der Waals surface area contributed by atoms with Crippen LogP contribution in [0.25, 0.3) is 0 Å². The molecule has 0 spiro atoms. The van der Waals surface area contributed by atoms with Gasteiger partial charge in [-0.25, -0.2) is 0 Å². The number of benzene rings is 2. The number of nitrogens with one attached hydrogen (secondary N) is 1. The maximum Gasteiger partial charge on any atom is 0.256 e. The Morgan fingerprint density at radius 3 is 2.63 bits per heavy atom. The van der Waals surface area contributed by atoms with Crippen LogP contribution in [0.3, 0.4) is 0 Å². The third-order valence-corrected chi connectivity index (χ3v) is 3.80. The molecule has 0 aliphatic carbocycles. The van der Waals surface area contributed by atoms with Gasteiger partial charge in [-0.05, 0) is 58.7 Å². The number of rotatable bonds is 2. The molecule has 0 bridgehead atoms. The monoisotopic (exact) mass is 357 g/mol. The molecule has 0 aromatic heterocycles. The highest BCUT2D eigenvalue weighted by molar-refractivity contribution is 9.10. The third kappa shape index (κ3) is 3.50. The van der Waals surface area contributed by atoms with E-state index in [4.69, 9.17) is 23.2 Å². The van der Waals surface area contributed by atoms with Crippen LogP contribution in [-0.4, -0.2) is 5.91 Å². The second kappa shape index (κ2) is 5.95. The lowest BCUT2D eigenvalue weighted by Crippen LogP contribution is -2.13. The van der Waals surface area contributed by atoms with Crippen molar-refractivity contribution >= 4 is 50.7 Å². The second-order valence-corrected chi connectivity index (χ2v) is 5.76. The van der Waals surface area contributed by atoms with Crippen molar-refractivity contribution < 1.29 is 4.79 Å². The minimum absolute atomic E-state index is 0.262. The maximum atomic E-state index is 12.2. The Labute approximate surface area is 129 Å². The molecule has 0 saturated carbocycles. The molecule has 19 heavy (non-hydrogen) atoms. The van der Waals surface area contributed by atoms with Crippen molar-refractivity contribution in [3.05, 3.63) is 62.0 Å². The van der Waals surface area contributed by atoms with Crippen LogP contribution in [0, 0.1) is 6.92 Å². The van der Waals surface area contributed by atoms with Gasteiger partial charge in [-0.2, -0.15) is 0 Å². The van der Waals surface area contributed by atoms with Crippen molar-refractivity contribution in [1.29, 1.82) is 0 Å². The molecule has 2 aromatic rings. The molecule has 0 aliphatic heterocycles. The van der Waals surface area contributed by atoms with Crippen molar-refractivity contribution in [2.24, 2.45) is 0 Å². The molecule has 0 saturated heterocycles. The van der Waals surface area contributed by atoms with Crippen molar-refractivity contribution in [1.82, 2.24) is 0 Å². The van der Waals surface area contributed by atoms with E-state index in [-0.39, 0.29) is 5.91 Å². The largest absolute Gasteiger partial charge is 0.321 e. The Hall–Kier alpha value is -1.03. The van der Waals surface area contributed by atoms with E-state index in [0.717, 1.165) is 5.56 Å². The molecule has 0 radical (unpaired) electrons. The summed E-state index contributed by atoms with van der Waals surface area (Å²) in [5, 5.41) is 3.78. The summed E-state index contributed by atoms with van der Waals surface area (Å²) in [4.78, 5) is 12.2. The molecule has 0 fully saturated rings. The molecule has 2 rings (SSSR count). The zero-order valence-electron chi connectivity index (χ0n) is 10.0. The van der Waals surface area contributed by atoms with E-state index in [1.54, 1.807) is 24.3 Å². The third-order valence-electron chi connectivity index (χ3n) is 2.54. The summed E-state index contributed by atoms with van der Waals surface area (Å²) < 4.78 is 0.679.